The Morgan fingerprint density at radius 2 is 2.00 bits per heavy atom. The number of nitrogens with one attached hydrogen (secondary N) is 3. The summed E-state index contributed by atoms with van der Waals surface area (Å²) in [6.45, 7) is 0. The number of ether oxygens (including phenoxy) is 1. The molecule has 0 radical (unpaired) electrons. The minimum absolute atomic E-state index is 0.249. The maximum absolute atomic E-state index is 11.0. The van der Waals surface area contributed by atoms with Crippen molar-refractivity contribution in [3.8, 4) is 0 Å². The minimum Gasteiger partial charge on any atom is -0.452 e. The number of hydrazine groups is 1. The third-order valence-corrected chi connectivity index (χ3v) is 1.90. The van der Waals surface area contributed by atoms with Gasteiger partial charge in [-0.2, -0.15) is 0 Å². The van der Waals surface area contributed by atoms with E-state index in [0.717, 1.165) is 19.3 Å². The van der Waals surface area contributed by atoms with E-state index in [2.05, 4.69) is 20.9 Å². The third kappa shape index (κ3) is 3.18. The lowest BCUT2D eigenvalue weighted by atomic mass is 9.93. The first-order valence-corrected chi connectivity index (χ1v) is 4.13. The van der Waals surface area contributed by atoms with Crippen molar-refractivity contribution in [2.75, 3.05) is 7.11 Å². The van der Waals surface area contributed by atoms with Crippen LogP contribution >= 0.6 is 0 Å². The van der Waals surface area contributed by atoms with E-state index in [4.69, 9.17) is 0 Å². The lowest BCUT2D eigenvalue weighted by Crippen LogP contribution is -2.51. The second-order valence-electron chi connectivity index (χ2n) is 2.84. The molecule has 0 bridgehead atoms. The van der Waals surface area contributed by atoms with Gasteiger partial charge in [0, 0.05) is 6.04 Å². The molecule has 1 aliphatic rings. The highest BCUT2D eigenvalue weighted by Crippen LogP contribution is 2.17. The largest absolute Gasteiger partial charge is 0.452 e. The summed E-state index contributed by atoms with van der Waals surface area (Å²) in [5.41, 5.74) is 4.22. The Hall–Kier alpha value is -1.46. The van der Waals surface area contributed by atoms with Crippen LogP contribution < -0.4 is 16.2 Å². The quantitative estimate of drug-likeness (QED) is 0.510. The number of methoxy groups -OCH3 is 1. The predicted octanol–water partition coefficient (Wildman–Crippen LogP) is 0.109. The zero-order valence-corrected chi connectivity index (χ0v) is 7.42. The van der Waals surface area contributed by atoms with Crippen molar-refractivity contribution in [3.05, 3.63) is 0 Å². The molecule has 3 amide bonds. The number of carbonyl (C=O) groups excluding carboxylic acids is 2. The van der Waals surface area contributed by atoms with Gasteiger partial charge in [-0.3, -0.25) is 0 Å². The third-order valence-electron chi connectivity index (χ3n) is 1.90. The second kappa shape index (κ2) is 4.54. The fourth-order valence-electron chi connectivity index (χ4n) is 0.933. The van der Waals surface area contributed by atoms with Crippen LogP contribution in [0.5, 0.6) is 0 Å². The zero-order chi connectivity index (χ0) is 9.68. The second-order valence-corrected chi connectivity index (χ2v) is 2.84. The van der Waals surface area contributed by atoms with Crippen LogP contribution in [-0.4, -0.2) is 25.3 Å². The van der Waals surface area contributed by atoms with Gasteiger partial charge in [-0.15, -0.1) is 0 Å². The predicted molar refractivity (Wildman–Crippen MR) is 44.8 cm³/mol. The minimum atomic E-state index is -0.691. The highest BCUT2D eigenvalue weighted by Gasteiger charge is 2.19. The van der Waals surface area contributed by atoms with Gasteiger partial charge in [0.25, 0.3) is 0 Å². The fourth-order valence-corrected chi connectivity index (χ4v) is 0.933. The van der Waals surface area contributed by atoms with E-state index in [-0.39, 0.29) is 6.04 Å². The molecule has 74 valence electrons. The van der Waals surface area contributed by atoms with Crippen molar-refractivity contribution >= 4 is 12.1 Å². The first-order valence-electron chi connectivity index (χ1n) is 4.13. The highest BCUT2D eigenvalue weighted by molar-refractivity contribution is 5.77. The summed E-state index contributed by atoms with van der Waals surface area (Å²) >= 11 is 0. The van der Waals surface area contributed by atoms with Crippen LogP contribution in [0.1, 0.15) is 19.3 Å². The molecular weight excluding hydrogens is 174 g/mol. The fraction of sp³-hybridized carbons (Fsp3) is 0.714. The Balaban J connectivity index is 2.06. The molecule has 0 unspecified atom stereocenters. The van der Waals surface area contributed by atoms with Gasteiger partial charge < -0.3 is 10.1 Å². The van der Waals surface area contributed by atoms with Gasteiger partial charge in [0.05, 0.1) is 7.11 Å². The van der Waals surface area contributed by atoms with Crippen LogP contribution in [0.4, 0.5) is 9.59 Å². The monoisotopic (exact) mass is 187 g/mol. The van der Waals surface area contributed by atoms with E-state index in [1.807, 2.05) is 0 Å². The van der Waals surface area contributed by atoms with Crippen LogP contribution in [0.2, 0.25) is 0 Å². The molecule has 1 rings (SSSR count). The SMILES string of the molecule is COC(=O)NNC(=O)NC1CCC1. The van der Waals surface area contributed by atoms with Crippen LogP contribution in [0.25, 0.3) is 0 Å². The van der Waals surface area contributed by atoms with E-state index < -0.39 is 12.1 Å². The number of hydrogen-bond acceptors (Lipinski definition) is 3. The van der Waals surface area contributed by atoms with Crippen molar-refractivity contribution in [2.24, 2.45) is 0 Å². The number of rotatable bonds is 1. The molecule has 0 aromatic rings. The Bertz CT molecular complexity index is 203. The standard InChI is InChI=1S/C7H13N3O3/c1-13-7(12)10-9-6(11)8-5-3-2-4-5/h5H,2-4H2,1H3,(H,10,12)(H2,8,9,11). The lowest BCUT2D eigenvalue weighted by molar-refractivity contribution is 0.164. The van der Waals surface area contributed by atoms with Gasteiger partial charge in [-0.1, -0.05) is 0 Å². The summed E-state index contributed by atoms with van der Waals surface area (Å²) in [7, 11) is 1.22. The normalized spacial score (nSPS) is 15.5. The summed E-state index contributed by atoms with van der Waals surface area (Å²) in [5.74, 6) is 0. The number of urea groups is 1. The molecule has 13 heavy (non-hydrogen) atoms. The number of amides is 3. The molecule has 0 spiro atoms. The van der Waals surface area contributed by atoms with E-state index in [1.54, 1.807) is 0 Å². The highest BCUT2D eigenvalue weighted by atomic mass is 16.5. The molecule has 0 heterocycles. The maximum Gasteiger partial charge on any atom is 0.425 e. The van der Waals surface area contributed by atoms with Crippen molar-refractivity contribution < 1.29 is 14.3 Å². The van der Waals surface area contributed by atoms with E-state index in [0.29, 0.717) is 0 Å². The molecule has 1 aliphatic carbocycles. The Kier molecular flexibility index (Phi) is 3.36. The molecule has 3 N–H and O–H groups in total. The van der Waals surface area contributed by atoms with Gasteiger partial charge in [0.1, 0.15) is 0 Å². The van der Waals surface area contributed by atoms with Crippen molar-refractivity contribution in [2.45, 2.75) is 25.3 Å². The van der Waals surface area contributed by atoms with E-state index >= 15 is 0 Å². The zero-order valence-electron chi connectivity index (χ0n) is 7.42. The average Bonchev–Trinajstić information content (AvgIpc) is 2.07. The first kappa shape index (κ1) is 9.63. The summed E-state index contributed by atoms with van der Waals surface area (Å²) in [6, 6.07) is -0.158. The molecule has 6 nitrogen and oxygen atoms in total. The molecule has 0 atom stereocenters. The van der Waals surface area contributed by atoms with Gasteiger partial charge in [0.2, 0.25) is 0 Å². The molecule has 0 saturated heterocycles. The number of carbonyl (C=O) groups is 2. The van der Waals surface area contributed by atoms with Crippen molar-refractivity contribution in [1.82, 2.24) is 16.2 Å². The van der Waals surface area contributed by atoms with Crippen LogP contribution in [0, 0.1) is 0 Å². The molecular formula is C7H13N3O3. The molecule has 0 aromatic heterocycles. The van der Waals surface area contributed by atoms with Crippen LogP contribution in [-0.2, 0) is 4.74 Å². The Morgan fingerprint density at radius 3 is 2.46 bits per heavy atom. The maximum atomic E-state index is 11.0. The van der Waals surface area contributed by atoms with Crippen molar-refractivity contribution in [3.63, 3.8) is 0 Å². The summed E-state index contributed by atoms with van der Waals surface area (Å²) < 4.78 is 4.25. The van der Waals surface area contributed by atoms with Crippen LogP contribution in [0.15, 0.2) is 0 Å². The van der Waals surface area contributed by atoms with Gasteiger partial charge in [-0.25, -0.2) is 20.4 Å². The molecule has 6 heteroatoms. The smallest absolute Gasteiger partial charge is 0.425 e. The molecule has 1 fully saturated rings. The molecule has 1 saturated carbocycles. The number of hydrogen-bond donors (Lipinski definition) is 3. The molecule has 0 aromatic carbocycles. The van der Waals surface area contributed by atoms with Gasteiger partial charge >= 0.3 is 12.1 Å². The summed E-state index contributed by atoms with van der Waals surface area (Å²) in [5, 5.41) is 2.68. The first-order chi connectivity index (χ1) is 6.22. The topological polar surface area (TPSA) is 79.5 Å². The van der Waals surface area contributed by atoms with Gasteiger partial charge in [0.15, 0.2) is 0 Å². The average molecular weight is 187 g/mol. The summed E-state index contributed by atoms with van der Waals surface area (Å²) in [4.78, 5) is 21.5. The van der Waals surface area contributed by atoms with E-state index in [9.17, 15) is 9.59 Å². The molecule has 0 aliphatic heterocycles. The van der Waals surface area contributed by atoms with Crippen LogP contribution in [0.3, 0.4) is 0 Å². The Morgan fingerprint density at radius 1 is 1.31 bits per heavy atom. The lowest BCUT2D eigenvalue weighted by Gasteiger charge is -2.26. The van der Waals surface area contributed by atoms with E-state index in [1.165, 1.54) is 7.11 Å². The van der Waals surface area contributed by atoms with Gasteiger partial charge in [-0.05, 0) is 19.3 Å². The summed E-state index contributed by atoms with van der Waals surface area (Å²) in [6.07, 6.45) is 2.47. The Labute approximate surface area is 76.0 Å². The van der Waals surface area contributed by atoms with Crippen molar-refractivity contribution in [1.29, 1.82) is 0 Å².